The second-order valence-corrected chi connectivity index (χ2v) is 8.94. The highest BCUT2D eigenvalue weighted by Gasteiger charge is 2.38. The lowest BCUT2D eigenvalue weighted by Crippen LogP contribution is -2.32. The van der Waals surface area contributed by atoms with E-state index in [0.717, 1.165) is 20.5 Å². The Balaban J connectivity index is 1.46. The van der Waals surface area contributed by atoms with Crippen LogP contribution in [0.5, 0.6) is 0 Å². The van der Waals surface area contributed by atoms with Crippen molar-refractivity contribution in [2.24, 2.45) is 0 Å². The minimum atomic E-state index is -0.582. The van der Waals surface area contributed by atoms with Crippen molar-refractivity contribution in [3.05, 3.63) is 98.2 Å². The van der Waals surface area contributed by atoms with Gasteiger partial charge in [-0.1, -0.05) is 30.7 Å². The van der Waals surface area contributed by atoms with E-state index in [-0.39, 0.29) is 16.6 Å². The molecule has 8 heteroatoms. The van der Waals surface area contributed by atoms with Crippen molar-refractivity contribution in [3.63, 3.8) is 0 Å². The summed E-state index contributed by atoms with van der Waals surface area (Å²) in [6, 6.07) is 21.2. The first-order valence-corrected chi connectivity index (χ1v) is 11.6. The average Bonchev–Trinajstić information content (AvgIpc) is 3.04. The first-order valence-electron chi connectivity index (χ1n) is 10.2. The van der Waals surface area contributed by atoms with Crippen molar-refractivity contribution in [1.82, 2.24) is 0 Å². The Morgan fingerprint density at radius 2 is 1.48 bits per heavy atom. The van der Waals surface area contributed by atoms with Crippen LogP contribution in [0.25, 0.3) is 0 Å². The molecule has 1 heterocycles. The second-order valence-electron chi connectivity index (χ2n) is 7.32. The summed E-state index contributed by atoms with van der Waals surface area (Å²) in [5, 5.41) is 5.57. The molecule has 0 spiro atoms. The summed E-state index contributed by atoms with van der Waals surface area (Å²) in [4.78, 5) is 39.1. The van der Waals surface area contributed by atoms with Gasteiger partial charge in [0.05, 0.1) is 5.69 Å². The summed E-state index contributed by atoms with van der Waals surface area (Å²) in [7, 11) is 0. The van der Waals surface area contributed by atoms with Gasteiger partial charge in [-0.15, -0.1) is 0 Å². The Labute approximate surface area is 209 Å². The van der Waals surface area contributed by atoms with E-state index in [1.54, 1.807) is 36.4 Å². The number of hydrogen-bond donors (Lipinski definition) is 2. The minimum Gasteiger partial charge on any atom is -0.350 e. The zero-order chi connectivity index (χ0) is 23.5. The van der Waals surface area contributed by atoms with Crippen LogP contribution in [0.1, 0.15) is 22.8 Å². The van der Waals surface area contributed by atoms with Gasteiger partial charge >= 0.3 is 0 Å². The molecule has 0 radical (unpaired) electrons. The van der Waals surface area contributed by atoms with Crippen molar-refractivity contribution in [2.45, 2.75) is 13.3 Å². The lowest BCUT2D eigenvalue weighted by molar-refractivity contribution is -0.120. The van der Waals surface area contributed by atoms with Crippen LogP contribution in [0.3, 0.4) is 0 Å². The molecule has 1 aliphatic rings. The van der Waals surface area contributed by atoms with Crippen molar-refractivity contribution in [2.75, 3.05) is 15.5 Å². The van der Waals surface area contributed by atoms with Crippen LogP contribution in [0.4, 0.5) is 17.1 Å². The molecule has 0 atom stereocenters. The van der Waals surface area contributed by atoms with E-state index in [0.29, 0.717) is 22.6 Å². The smallest absolute Gasteiger partial charge is 0.283 e. The highest BCUT2D eigenvalue weighted by Crippen LogP contribution is 2.30. The van der Waals surface area contributed by atoms with Crippen LogP contribution in [0.15, 0.2) is 83.5 Å². The summed E-state index contributed by atoms with van der Waals surface area (Å²) in [6.45, 7) is 2.03. The summed E-state index contributed by atoms with van der Waals surface area (Å²) in [5.74, 6) is -1.37. The van der Waals surface area contributed by atoms with Crippen LogP contribution >= 0.6 is 34.2 Å². The third-order valence-electron chi connectivity index (χ3n) is 5.15. The highest BCUT2D eigenvalue weighted by molar-refractivity contribution is 14.1. The largest absolute Gasteiger partial charge is 0.350 e. The second kappa shape index (κ2) is 9.76. The molecule has 33 heavy (non-hydrogen) atoms. The fourth-order valence-electron chi connectivity index (χ4n) is 3.31. The van der Waals surface area contributed by atoms with E-state index in [1.807, 2.05) is 43.3 Å². The van der Waals surface area contributed by atoms with E-state index in [9.17, 15) is 14.4 Å². The van der Waals surface area contributed by atoms with Gasteiger partial charge in [-0.2, -0.15) is 0 Å². The molecule has 3 aromatic rings. The maximum absolute atomic E-state index is 12.9. The number of carbonyl (C=O) groups excluding carboxylic acids is 3. The number of imide groups is 1. The maximum Gasteiger partial charge on any atom is 0.283 e. The molecule has 4 rings (SSSR count). The number of rotatable bonds is 6. The molecular weight excluding hydrogens is 553 g/mol. The molecule has 0 fully saturated rings. The lowest BCUT2D eigenvalue weighted by Gasteiger charge is -2.15. The number of aryl methyl sites for hydroxylation is 1. The Bertz CT molecular complexity index is 1250. The van der Waals surface area contributed by atoms with Crippen LogP contribution in [0.2, 0.25) is 0 Å². The van der Waals surface area contributed by atoms with Crippen molar-refractivity contribution in [1.29, 1.82) is 0 Å². The van der Waals surface area contributed by atoms with Gasteiger partial charge in [0.1, 0.15) is 10.7 Å². The third kappa shape index (κ3) is 4.94. The van der Waals surface area contributed by atoms with Crippen molar-refractivity contribution in [3.8, 4) is 0 Å². The SMILES string of the molecule is CCc1ccc(N2C(=O)C(Cl)=C(Nc3ccc(C(=O)Nc4ccc(I)cc4)cc3)C2=O)cc1. The molecule has 0 saturated carbocycles. The average molecular weight is 572 g/mol. The predicted octanol–water partition coefficient (Wildman–Crippen LogP) is 5.54. The summed E-state index contributed by atoms with van der Waals surface area (Å²) < 4.78 is 1.07. The van der Waals surface area contributed by atoms with Crippen LogP contribution in [-0.2, 0) is 16.0 Å². The van der Waals surface area contributed by atoms with Gasteiger partial charge in [0.15, 0.2) is 0 Å². The fourth-order valence-corrected chi connectivity index (χ4v) is 3.88. The fraction of sp³-hybridized carbons (Fsp3) is 0.0800. The van der Waals surface area contributed by atoms with Crippen LogP contribution in [0, 0.1) is 3.57 Å². The van der Waals surface area contributed by atoms with Gasteiger partial charge in [0.2, 0.25) is 0 Å². The zero-order valence-corrected chi connectivity index (χ0v) is 20.5. The number of anilines is 3. The normalized spacial score (nSPS) is 13.5. The zero-order valence-electron chi connectivity index (χ0n) is 17.6. The van der Waals surface area contributed by atoms with Crippen molar-refractivity contribution >= 4 is 69.0 Å². The quantitative estimate of drug-likeness (QED) is 0.301. The molecule has 3 aromatic carbocycles. The molecule has 0 bridgehead atoms. The Hall–Kier alpha value is -3.17. The van der Waals surface area contributed by atoms with Crippen LogP contribution in [-0.4, -0.2) is 17.7 Å². The van der Waals surface area contributed by atoms with E-state index in [1.165, 1.54) is 0 Å². The monoisotopic (exact) mass is 571 g/mol. The topological polar surface area (TPSA) is 78.5 Å². The number of benzene rings is 3. The molecule has 166 valence electrons. The molecular formula is C25H19ClIN3O3. The standard InChI is InChI=1S/C25H19ClIN3O3/c1-2-15-3-13-20(14-4-15)30-24(32)21(26)22(25(30)33)28-18-9-5-16(6-10-18)23(31)29-19-11-7-17(27)8-12-19/h3-14,28H,2H2,1H3,(H,29,31). The first kappa shape index (κ1) is 23.0. The number of halogens is 2. The van der Waals surface area contributed by atoms with E-state index < -0.39 is 11.8 Å². The number of carbonyl (C=O) groups is 3. The van der Waals surface area contributed by atoms with Gasteiger partial charge < -0.3 is 10.6 Å². The number of amides is 3. The van der Waals surface area contributed by atoms with Crippen molar-refractivity contribution < 1.29 is 14.4 Å². The molecule has 3 amide bonds. The molecule has 0 aromatic heterocycles. The van der Waals surface area contributed by atoms with Gasteiger partial charge in [-0.05, 0) is 95.2 Å². The number of nitrogens with zero attached hydrogens (tertiary/aromatic N) is 1. The number of nitrogens with one attached hydrogen (secondary N) is 2. The summed E-state index contributed by atoms with van der Waals surface area (Å²) in [6.07, 6.45) is 0.854. The first-order chi connectivity index (χ1) is 15.9. The molecule has 6 nitrogen and oxygen atoms in total. The van der Waals surface area contributed by atoms with Gasteiger partial charge in [0, 0.05) is 20.5 Å². The minimum absolute atomic E-state index is 0.00248. The summed E-state index contributed by atoms with van der Waals surface area (Å²) in [5.41, 5.74) is 3.23. The van der Waals surface area contributed by atoms with E-state index >= 15 is 0 Å². The molecule has 0 aliphatic carbocycles. The highest BCUT2D eigenvalue weighted by atomic mass is 127. The van der Waals surface area contributed by atoms with Gasteiger partial charge in [-0.25, -0.2) is 4.90 Å². The summed E-state index contributed by atoms with van der Waals surface area (Å²) >= 11 is 8.40. The molecule has 1 aliphatic heterocycles. The Morgan fingerprint density at radius 3 is 2.09 bits per heavy atom. The van der Waals surface area contributed by atoms with Gasteiger partial charge in [0.25, 0.3) is 17.7 Å². The van der Waals surface area contributed by atoms with Gasteiger partial charge in [-0.3, -0.25) is 14.4 Å². The number of hydrogen-bond acceptors (Lipinski definition) is 4. The molecule has 2 N–H and O–H groups in total. The molecule has 0 saturated heterocycles. The van der Waals surface area contributed by atoms with E-state index in [4.69, 9.17) is 11.6 Å². The van der Waals surface area contributed by atoms with E-state index in [2.05, 4.69) is 33.2 Å². The Morgan fingerprint density at radius 1 is 0.879 bits per heavy atom. The third-order valence-corrected chi connectivity index (χ3v) is 6.22. The lowest BCUT2D eigenvalue weighted by atomic mass is 10.1. The predicted molar refractivity (Wildman–Crippen MR) is 138 cm³/mol. The maximum atomic E-state index is 12.9. The molecule has 0 unspecified atom stereocenters. The Kier molecular flexibility index (Phi) is 6.80. The van der Waals surface area contributed by atoms with Crippen LogP contribution < -0.4 is 15.5 Å².